The maximum atomic E-state index is 13.5. The highest BCUT2D eigenvalue weighted by atomic mass is 16.5. The molecule has 7 nitrogen and oxygen atoms in total. The van der Waals surface area contributed by atoms with Gasteiger partial charge < -0.3 is 24.4 Å². The predicted molar refractivity (Wildman–Crippen MR) is 150 cm³/mol. The fourth-order valence-corrected chi connectivity index (χ4v) is 5.34. The van der Waals surface area contributed by atoms with Gasteiger partial charge >= 0.3 is 0 Å². The number of likely N-dealkylation sites (tertiary alicyclic amines) is 1. The number of ketones is 1. The van der Waals surface area contributed by atoms with Crippen molar-refractivity contribution in [1.29, 1.82) is 0 Å². The number of aliphatic hydroxyl groups excluding tert-OH is 1. The van der Waals surface area contributed by atoms with Crippen molar-refractivity contribution >= 4 is 17.4 Å². The molecule has 0 aliphatic carbocycles. The van der Waals surface area contributed by atoms with E-state index in [1.54, 1.807) is 11.0 Å². The highest BCUT2D eigenvalue weighted by molar-refractivity contribution is 6.46. The van der Waals surface area contributed by atoms with Crippen LogP contribution in [-0.4, -0.2) is 58.9 Å². The van der Waals surface area contributed by atoms with Crippen molar-refractivity contribution in [3.8, 4) is 17.2 Å². The van der Waals surface area contributed by atoms with Gasteiger partial charge in [-0.3, -0.25) is 9.59 Å². The molecule has 0 saturated carbocycles. The summed E-state index contributed by atoms with van der Waals surface area (Å²) in [4.78, 5) is 30.7. The Morgan fingerprint density at radius 3 is 2.49 bits per heavy atom. The van der Waals surface area contributed by atoms with Gasteiger partial charge in [0.15, 0.2) is 0 Å². The minimum Gasteiger partial charge on any atom is -0.507 e. The molecule has 2 atom stereocenters. The van der Waals surface area contributed by atoms with Crippen molar-refractivity contribution in [3.63, 3.8) is 0 Å². The predicted octanol–water partition coefficient (Wildman–Crippen LogP) is 5.57. The summed E-state index contributed by atoms with van der Waals surface area (Å²) in [6.07, 6.45) is 0.771. The van der Waals surface area contributed by atoms with Crippen molar-refractivity contribution < 1.29 is 24.2 Å². The van der Waals surface area contributed by atoms with Crippen molar-refractivity contribution in [2.24, 2.45) is 0 Å². The van der Waals surface area contributed by atoms with Crippen molar-refractivity contribution in [3.05, 3.63) is 95.1 Å². The van der Waals surface area contributed by atoms with Crippen molar-refractivity contribution in [2.75, 3.05) is 26.2 Å². The minimum absolute atomic E-state index is 0.0513. The zero-order chi connectivity index (χ0) is 27.5. The van der Waals surface area contributed by atoms with Gasteiger partial charge in [0.25, 0.3) is 11.7 Å². The third kappa shape index (κ3) is 5.40. The lowest BCUT2D eigenvalue weighted by molar-refractivity contribution is -0.140. The number of carbonyl (C=O) groups is 2. The van der Waals surface area contributed by atoms with Gasteiger partial charge in [-0.1, -0.05) is 44.2 Å². The normalized spacial score (nSPS) is 19.8. The SMILES string of the molecule is CCN(CC)CCN1C(=O)C(=O)/C(=C(\O)c2ccc3c(c2)CC(C)O3)C1c1cccc(Oc2ccccc2)c1. The summed E-state index contributed by atoms with van der Waals surface area (Å²) in [5, 5.41) is 11.5. The summed E-state index contributed by atoms with van der Waals surface area (Å²) < 4.78 is 11.9. The molecule has 3 aromatic carbocycles. The van der Waals surface area contributed by atoms with Gasteiger partial charge in [-0.25, -0.2) is 0 Å². The third-order valence-corrected chi connectivity index (χ3v) is 7.41. The van der Waals surface area contributed by atoms with Crippen molar-refractivity contribution in [2.45, 2.75) is 39.3 Å². The van der Waals surface area contributed by atoms with Crippen LogP contribution in [-0.2, 0) is 16.0 Å². The van der Waals surface area contributed by atoms with E-state index in [4.69, 9.17) is 9.47 Å². The minimum atomic E-state index is -0.747. The number of amides is 1. The average molecular weight is 527 g/mol. The molecule has 202 valence electrons. The Morgan fingerprint density at radius 2 is 1.74 bits per heavy atom. The zero-order valence-corrected chi connectivity index (χ0v) is 22.6. The van der Waals surface area contributed by atoms with Crippen LogP contribution in [0.1, 0.15) is 43.5 Å². The number of hydrogen-bond donors (Lipinski definition) is 1. The van der Waals surface area contributed by atoms with E-state index >= 15 is 0 Å². The Morgan fingerprint density at radius 1 is 1.00 bits per heavy atom. The smallest absolute Gasteiger partial charge is 0.295 e. The number of fused-ring (bicyclic) bond motifs is 1. The summed E-state index contributed by atoms with van der Waals surface area (Å²) in [6.45, 7) is 8.77. The van der Waals surface area contributed by atoms with E-state index in [1.807, 2.05) is 73.7 Å². The first-order valence-electron chi connectivity index (χ1n) is 13.5. The van der Waals surface area contributed by atoms with Crippen LogP contribution in [0.2, 0.25) is 0 Å². The number of benzene rings is 3. The molecule has 1 fully saturated rings. The molecule has 2 heterocycles. The van der Waals surface area contributed by atoms with Gasteiger partial charge in [0.2, 0.25) is 0 Å². The molecular formula is C32H34N2O5. The van der Waals surface area contributed by atoms with Gasteiger partial charge in [-0.2, -0.15) is 0 Å². The molecule has 3 aromatic rings. The summed E-state index contributed by atoms with van der Waals surface area (Å²) >= 11 is 0. The highest BCUT2D eigenvalue weighted by Gasteiger charge is 2.46. The van der Waals surface area contributed by atoms with Gasteiger partial charge in [-0.15, -0.1) is 0 Å². The molecule has 2 unspecified atom stereocenters. The lowest BCUT2D eigenvalue weighted by Crippen LogP contribution is -2.38. The fourth-order valence-electron chi connectivity index (χ4n) is 5.34. The standard InChI is InChI=1S/C32H34N2O5/c1-4-33(5-2)16-17-34-29(22-10-9-13-26(20-22)39-25-11-7-6-8-12-25)28(31(36)32(34)37)30(35)23-14-15-27-24(19-23)18-21(3)38-27/h6-15,19-21,29,35H,4-5,16-18H2,1-3H3/b30-28-. The second-order valence-electron chi connectivity index (χ2n) is 9.96. The van der Waals surface area contributed by atoms with Crippen LogP contribution in [0.4, 0.5) is 0 Å². The summed E-state index contributed by atoms with van der Waals surface area (Å²) in [7, 11) is 0. The monoisotopic (exact) mass is 526 g/mol. The number of nitrogens with zero attached hydrogens (tertiary/aromatic N) is 2. The molecule has 39 heavy (non-hydrogen) atoms. The van der Waals surface area contributed by atoms with E-state index in [-0.39, 0.29) is 17.4 Å². The Bertz CT molecular complexity index is 1400. The topological polar surface area (TPSA) is 79.3 Å². The summed E-state index contributed by atoms with van der Waals surface area (Å²) in [5.74, 6) is 0.565. The Kier molecular flexibility index (Phi) is 7.70. The van der Waals surface area contributed by atoms with Crippen molar-refractivity contribution in [1.82, 2.24) is 9.80 Å². The van der Waals surface area contributed by atoms with Gasteiger partial charge in [-0.05, 0) is 73.6 Å². The Hall–Kier alpha value is -4.10. The Labute approximate surface area is 229 Å². The molecule has 5 rings (SSSR count). The number of rotatable bonds is 9. The van der Waals surface area contributed by atoms with Crippen LogP contribution in [0.5, 0.6) is 17.2 Å². The van der Waals surface area contributed by atoms with Crippen LogP contribution in [0.15, 0.2) is 78.4 Å². The zero-order valence-electron chi connectivity index (χ0n) is 22.6. The molecule has 1 amide bonds. The highest BCUT2D eigenvalue weighted by Crippen LogP contribution is 2.41. The summed E-state index contributed by atoms with van der Waals surface area (Å²) in [6, 6.07) is 21.5. The number of para-hydroxylation sites is 1. The molecule has 1 N–H and O–H groups in total. The molecule has 7 heteroatoms. The number of aliphatic hydroxyl groups is 1. The van der Waals surface area contributed by atoms with Crippen LogP contribution in [0.25, 0.3) is 5.76 Å². The average Bonchev–Trinajstić information content (AvgIpc) is 3.44. The van der Waals surface area contributed by atoms with Crippen LogP contribution in [0.3, 0.4) is 0 Å². The maximum Gasteiger partial charge on any atom is 0.295 e. The first-order chi connectivity index (χ1) is 18.9. The quantitative estimate of drug-likeness (QED) is 0.223. The van der Waals surface area contributed by atoms with E-state index < -0.39 is 17.7 Å². The van der Waals surface area contributed by atoms with E-state index in [0.29, 0.717) is 35.7 Å². The Balaban J connectivity index is 1.57. The first-order valence-corrected chi connectivity index (χ1v) is 13.5. The maximum absolute atomic E-state index is 13.5. The van der Waals surface area contributed by atoms with E-state index in [2.05, 4.69) is 18.7 Å². The second kappa shape index (κ2) is 11.3. The molecule has 0 aromatic heterocycles. The van der Waals surface area contributed by atoms with Crippen LogP contribution < -0.4 is 9.47 Å². The largest absolute Gasteiger partial charge is 0.507 e. The number of carbonyl (C=O) groups excluding carboxylic acids is 2. The fraction of sp³-hybridized carbons (Fsp3) is 0.312. The van der Waals surface area contributed by atoms with E-state index in [0.717, 1.165) is 30.8 Å². The molecule has 0 bridgehead atoms. The second-order valence-corrected chi connectivity index (χ2v) is 9.96. The van der Waals surface area contributed by atoms with Gasteiger partial charge in [0, 0.05) is 25.1 Å². The molecule has 1 saturated heterocycles. The van der Waals surface area contributed by atoms with E-state index in [9.17, 15) is 14.7 Å². The first kappa shape index (κ1) is 26.5. The third-order valence-electron chi connectivity index (χ3n) is 7.41. The number of hydrogen-bond acceptors (Lipinski definition) is 6. The van der Waals surface area contributed by atoms with Gasteiger partial charge in [0.1, 0.15) is 29.1 Å². The van der Waals surface area contributed by atoms with E-state index in [1.165, 1.54) is 0 Å². The summed E-state index contributed by atoms with van der Waals surface area (Å²) in [5.41, 5.74) is 2.25. The van der Waals surface area contributed by atoms with Crippen LogP contribution >= 0.6 is 0 Å². The molecule has 0 radical (unpaired) electrons. The number of ether oxygens (including phenoxy) is 2. The lowest BCUT2D eigenvalue weighted by atomic mass is 9.94. The molecule has 0 spiro atoms. The van der Waals surface area contributed by atoms with Gasteiger partial charge in [0.05, 0.1) is 11.6 Å². The molecule has 2 aliphatic rings. The number of likely N-dealkylation sites (N-methyl/N-ethyl adjacent to an activating group) is 1. The molecular weight excluding hydrogens is 492 g/mol. The molecule has 2 aliphatic heterocycles. The van der Waals surface area contributed by atoms with Crippen LogP contribution in [0, 0.1) is 0 Å². The lowest BCUT2D eigenvalue weighted by Gasteiger charge is -2.28. The number of Topliss-reactive ketones (excluding diaryl/α,β-unsaturated/α-hetero) is 1.